The minimum absolute atomic E-state index is 0.00891. The first-order valence-corrected chi connectivity index (χ1v) is 12.3. The lowest BCUT2D eigenvalue weighted by Crippen LogP contribution is -2.52. The molecule has 1 aromatic rings. The molecule has 11 nitrogen and oxygen atoms in total. The van der Waals surface area contributed by atoms with Gasteiger partial charge >= 0.3 is 0 Å². The van der Waals surface area contributed by atoms with Gasteiger partial charge in [-0.3, -0.25) is 8.37 Å². The lowest BCUT2D eigenvalue weighted by molar-refractivity contribution is -0.196. The van der Waals surface area contributed by atoms with Crippen molar-refractivity contribution >= 4 is 20.2 Å². The highest BCUT2D eigenvalue weighted by molar-refractivity contribution is 7.86. The van der Waals surface area contributed by atoms with Gasteiger partial charge in [-0.2, -0.15) is 16.8 Å². The Morgan fingerprint density at radius 3 is 1.97 bits per heavy atom. The van der Waals surface area contributed by atoms with Crippen LogP contribution in [0.25, 0.3) is 0 Å². The molecule has 1 aromatic carbocycles. The van der Waals surface area contributed by atoms with Crippen molar-refractivity contribution in [3.63, 3.8) is 0 Å². The molecule has 0 aliphatic carbocycles. The van der Waals surface area contributed by atoms with Crippen LogP contribution in [0.1, 0.15) is 5.56 Å². The summed E-state index contributed by atoms with van der Waals surface area (Å²) in [5.74, 6) is 0.639. The standard InChI is InChI=1S/C17H26O11S2/c1-23-13-7-5-12(6-8-13)9-25-15-14(18)16(24-2)28-17(15,10-26-29(3,19)20)11-27-30(4,21)22/h5-8,14-16,18H,9-11H2,1-4H3/t14-,15-,16+/m1/s1. The van der Waals surface area contributed by atoms with E-state index in [4.69, 9.17) is 27.3 Å². The van der Waals surface area contributed by atoms with Gasteiger partial charge in [-0.15, -0.1) is 0 Å². The van der Waals surface area contributed by atoms with E-state index in [2.05, 4.69) is 0 Å². The summed E-state index contributed by atoms with van der Waals surface area (Å²) in [7, 11) is -5.05. The summed E-state index contributed by atoms with van der Waals surface area (Å²) in [6.07, 6.45) is -2.18. The number of rotatable bonds is 11. The molecule has 1 N–H and O–H groups in total. The molecule has 0 bridgehead atoms. The molecule has 0 aromatic heterocycles. The van der Waals surface area contributed by atoms with Gasteiger partial charge in [0.1, 0.15) is 36.8 Å². The quantitative estimate of drug-likeness (QED) is 0.423. The highest BCUT2D eigenvalue weighted by Crippen LogP contribution is 2.36. The summed E-state index contributed by atoms with van der Waals surface area (Å²) in [4.78, 5) is 0. The fourth-order valence-corrected chi connectivity index (χ4v) is 3.68. The molecule has 0 radical (unpaired) electrons. The van der Waals surface area contributed by atoms with Crippen molar-refractivity contribution in [2.24, 2.45) is 0 Å². The molecular weight excluding hydrogens is 444 g/mol. The molecule has 0 amide bonds. The minimum atomic E-state index is -3.92. The zero-order chi connectivity index (χ0) is 22.6. The van der Waals surface area contributed by atoms with Crippen molar-refractivity contribution in [3.8, 4) is 5.75 Å². The highest BCUT2D eigenvalue weighted by atomic mass is 32.2. The van der Waals surface area contributed by atoms with Crippen molar-refractivity contribution in [1.29, 1.82) is 0 Å². The Morgan fingerprint density at radius 1 is 1.00 bits per heavy atom. The van der Waals surface area contributed by atoms with Crippen LogP contribution in [0.5, 0.6) is 5.75 Å². The van der Waals surface area contributed by atoms with Crippen LogP contribution in [0.15, 0.2) is 24.3 Å². The van der Waals surface area contributed by atoms with Crippen LogP contribution in [0.3, 0.4) is 0 Å². The maximum atomic E-state index is 11.5. The van der Waals surface area contributed by atoms with E-state index in [0.29, 0.717) is 11.3 Å². The van der Waals surface area contributed by atoms with Gasteiger partial charge in [0.05, 0.1) is 26.2 Å². The van der Waals surface area contributed by atoms with Crippen LogP contribution in [-0.4, -0.2) is 86.0 Å². The van der Waals surface area contributed by atoms with Crippen molar-refractivity contribution < 1.29 is 49.3 Å². The van der Waals surface area contributed by atoms with Crippen molar-refractivity contribution in [2.45, 2.75) is 30.7 Å². The third kappa shape index (κ3) is 6.85. The Bertz CT molecular complexity index is 860. The fraction of sp³-hybridized carbons (Fsp3) is 0.647. The second-order valence-electron chi connectivity index (χ2n) is 6.79. The van der Waals surface area contributed by atoms with E-state index < -0.39 is 57.5 Å². The minimum Gasteiger partial charge on any atom is -0.497 e. The molecule has 1 fully saturated rings. The molecule has 3 atom stereocenters. The summed E-state index contributed by atoms with van der Waals surface area (Å²) in [5, 5.41) is 10.6. The normalized spacial score (nSPS) is 24.1. The molecule has 1 heterocycles. The molecule has 30 heavy (non-hydrogen) atoms. The SMILES string of the molecule is COc1ccc(CO[C@@H]2[C@@H](O)[C@@H](OC)OC2(COS(C)(=O)=O)COS(C)(=O)=O)cc1. The molecule has 0 spiro atoms. The first-order chi connectivity index (χ1) is 13.9. The predicted molar refractivity (Wildman–Crippen MR) is 104 cm³/mol. The fourth-order valence-electron chi connectivity index (χ4n) is 2.86. The Labute approximate surface area is 176 Å². The van der Waals surface area contributed by atoms with Crippen LogP contribution < -0.4 is 4.74 Å². The van der Waals surface area contributed by atoms with E-state index >= 15 is 0 Å². The van der Waals surface area contributed by atoms with Crippen LogP contribution in [-0.2, 0) is 49.4 Å². The molecular formula is C17H26O11S2. The predicted octanol–water partition coefficient (Wildman–Crippen LogP) is -0.365. The molecule has 0 saturated carbocycles. The lowest BCUT2D eigenvalue weighted by atomic mass is 9.97. The van der Waals surface area contributed by atoms with E-state index in [-0.39, 0.29) is 6.61 Å². The van der Waals surface area contributed by atoms with Crippen LogP contribution in [0.4, 0.5) is 0 Å². The van der Waals surface area contributed by atoms with E-state index in [1.807, 2.05) is 0 Å². The number of ether oxygens (including phenoxy) is 4. The third-order valence-electron chi connectivity index (χ3n) is 4.31. The Morgan fingerprint density at radius 2 is 1.53 bits per heavy atom. The van der Waals surface area contributed by atoms with Gasteiger partial charge in [-0.25, -0.2) is 0 Å². The van der Waals surface area contributed by atoms with E-state index in [0.717, 1.165) is 12.5 Å². The lowest BCUT2D eigenvalue weighted by Gasteiger charge is -2.33. The number of hydrogen-bond acceptors (Lipinski definition) is 11. The number of methoxy groups -OCH3 is 2. The first kappa shape index (κ1) is 24.9. The highest BCUT2D eigenvalue weighted by Gasteiger charge is 2.57. The largest absolute Gasteiger partial charge is 0.497 e. The summed E-state index contributed by atoms with van der Waals surface area (Å²) in [6.45, 7) is -1.33. The van der Waals surface area contributed by atoms with Gasteiger partial charge < -0.3 is 24.1 Å². The topological polar surface area (TPSA) is 144 Å². The molecule has 2 rings (SSSR count). The average molecular weight is 471 g/mol. The molecule has 1 aliphatic heterocycles. The average Bonchev–Trinajstić information content (AvgIpc) is 2.94. The summed E-state index contributed by atoms with van der Waals surface area (Å²) < 4.78 is 77.4. The molecule has 1 saturated heterocycles. The third-order valence-corrected chi connectivity index (χ3v) is 5.41. The smallest absolute Gasteiger partial charge is 0.264 e. The van der Waals surface area contributed by atoms with Gasteiger partial charge in [-0.05, 0) is 17.7 Å². The van der Waals surface area contributed by atoms with Gasteiger partial charge in [-0.1, -0.05) is 12.1 Å². The molecule has 0 unspecified atom stereocenters. The van der Waals surface area contributed by atoms with Gasteiger partial charge in [0.15, 0.2) is 6.29 Å². The zero-order valence-corrected chi connectivity index (χ0v) is 18.6. The van der Waals surface area contributed by atoms with Crippen LogP contribution in [0, 0.1) is 0 Å². The number of aliphatic hydroxyl groups excluding tert-OH is 1. The summed E-state index contributed by atoms with van der Waals surface area (Å²) in [5.41, 5.74) is -1.07. The Balaban J connectivity index is 2.29. The van der Waals surface area contributed by atoms with Crippen molar-refractivity contribution in [1.82, 2.24) is 0 Å². The van der Waals surface area contributed by atoms with Crippen LogP contribution in [0.2, 0.25) is 0 Å². The summed E-state index contributed by atoms with van der Waals surface area (Å²) >= 11 is 0. The maximum absolute atomic E-state index is 11.5. The first-order valence-electron chi connectivity index (χ1n) is 8.71. The second kappa shape index (κ2) is 9.87. The number of aliphatic hydroxyl groups is 1. The van der Waals surface area contributed by atoms with Gasteiger partial charge in [0.2, 0.25) is 0 Å². The second-order valence-corrected chi connectivity index (χ2v) is 10.1. The van der Waals surface area contributed by atoms with E-state index in [1.54, 1.807) is 24.3 Å². The van der Waals surface area contributed by atoms with Crippen molar-refractivity contribution in [3.05, 3.63) is 29.8 Å². The Kier molecular flexibility index (Phi) is 8.21. The molecule has 1 aliphatic rings. The van der Waals surface area contributed by atoms with Crippen molar-refractivity contribution in [2.75, 3.05) is 39.9 Å². The summed E-state index contributed by atoms with van der Waals surface area (Å²) in [6, 6.07) is 6.89. The van der Waals surface area contributed by atoms with E-state index in [9.17, 15) is 21.9 Å². The number of hydrogen-bond donors (Lipinski definition) is 1. The van der Waals surface area contributed by atoms with Gasteiger partial charge in [0.25, 0.3) is 20.2 Å². The molecule has 172 valence electrons. The Hall–Kier alpha value is -1.32. The molecule has 13 heteroatoms. The number of benzene rings is 1. The van der Waals surface area contributed by atoms with E-state index in [1.165, 1.54) is 14.2 Å². The van der Waals surface area contributed by atoms with Gasteiger partial charge in [0, 0.05) is 7.11 Å². The zero-order valence-electron chi connectivity index (χ0n) is 17.0. The monoisotopic (exact) mass is 470 g/mol. The maximum Gasteiger partial charge on any atom is 0.264 e. The van der Waals surface area contributed by atoms with Crippen LogP contribution >= 0.6 is 0 Å².